The number of anilines is 1. The monoisotopic (exact) mass is 500 g/mol. The lowest BCUT2D eigenvalue weighted by molar-refractivity contribution is -0.113. The predicted octanol–water partition coefficient (Wildman–Crippen LogP) is 5.46. The molecule has 0 saturated carbocycles. The van der Waals surface area contributed by atoms with Crippen LogP contribution in [0.1, 0.15) is 22.5 Å². The number of aryl methyl sites for hydroxylation is 1. The molecule has 0 saturated heterocycles. The minimum atomic E-state index is -0.0968. The molecular formula is C23H25BrN4O2S. The molecule has 1 amide bonds. The number of hydrogen-bond acceptors (Lipinski definition) is 5. The number of halogens is 1. The van der Waals surface area contributed by atoms with E-state index in [0.29, 0.717) is 17.5 Å². The maximum absolute atomic E-state index is 12.5. The zero-order valence-corrected chi connectivity index (χ0v) is 20.2. The number of allylic oxidation sites excluding steroid dienone is 1. The molecule has 1 aromatic heterocycles. The molecule has 0 radical (unpaired) electrons. The van der Waals surface area contributed by atoms with Crippen LogP contribution in [0, 0.1) is 20.8 Å². The fourth-order valence-electron chi connectivity index (χ4n) is 2.87. The number of amides is 1. The van der Waals surface area contributed by atoms with Crippen LogP contribution in [0.4, 0.5) is 5.69 Å². The van der Waals surface area contributed by atoms with Crippen molar-refractivity contribution in [3.05, 3.63) is 76.0 Å². The Bertz CT molecular complexity index is 1080. The molecule has 0 atom stereocenters. The van der Waals surface area contributed by atoms with Crippen molar-refractivity contribution in [3.63, 3.8) is 0 Å². The summed E-state index contributed by atoms with van der Waals surface area (Å²) in [6.07, 6.45) is 1.77. The predicted molar refractivity (Wildman–Crippen MR) is 129 cm³/mol. The summed E-state index contributed by atoms with van der Waals surface area (Å²) in [5, 5.41) is 12.1. The van der Waals surface area contributed by atoms with E-state index >= 15 is 0 Å². The van der Waals surface area contributed by atoms with Gasteiger partial charge < -0.3 is 10.1 Å². The molecule has 3 aromatic rings. The van der Waals surface area contributed by atoms with Crippen LogP contribution in [0.15, 0.2) is 58.7 Å². The highest BCUT2D eigenvalue weighted by molar-refractivity contribution is 9.10. The molecule has 3 rings (SSSR count). The van der Waals surface area contributed by atoms with Crippen molar-refractivity contribution >= 4 is 39.3 Å². The Morgan fingerprint density at radius 3 is 2.61 bits per heavy atom. The maximum atomic E-state index is 12.5. The van der Waals surface area contributed by atoms with E-state index in [1.54, 1.807) is 6.08 Å². The van der Waals surface area contributed by atoms with Crippen molar-refractivity contribution in [1.82, 2.24) is 14.8 Å². The fraction of sp³-hybridized carbons (Fsp3) is 0.261. The number of ether oxygens (including phenoxy) is 1. The number of carbonyl (C=O) groups is 1. The summed E-state index contributed by atoms with van der Waals surface area (Å²) in [6, 6.07) is 11.7. The summed E-state index contributed by atoms with van der Waals surface area (Å²) < 4.78 is 8.77. The number of nitrogens with one attached hydrogen (secondary N) is 1. The van der Waals surface area contributed by atoms with Crippen LogP contribution in [0.2, 0.25) is 0 Å². The molecule has 0 fully saturated rings. The highest BCUT2D eigenvalue weighted by Gasteiger charge is 2.15. The van der Waals surface area contributed by atoms with Crippen LogP contribution in [0.25, 0.3) is 0 Å². The van der Waals surface area contributed by atoms with Gasteiger partial charge in [0, 0.05) is 16.7 Å². The first-order valence-corrected chi connectivity index (χ1v) is 11.6. The van der Waals surface area contributed by atoms with Crippen molar-refractivity contribution in [2.24, 2.45) is 0 Å². The number of nitrogens with zero attached hydrogens (tertiary/aromatic N) is 3. The first-order chi connectivity index (χ1) is 14.9. The fourth-order valence-corrected chi connectivity index (χ4v) is 4.06. The highest BCUT2D eigenvalue weighted by atomic mass is 79.9. The van der Waals surface area contributed by atoms with E-state index in [1.807, 2.05) is 61.7 Å². The standard InChI is InChI=1S/C23H25BrN4O2S/c1-5-12-28-21(13-30-18-8-6-15(2)7-9-18)26-27-23(28)31-14-22(29)25-20-11-10-19(24)16(3)17(20)4/h5-11H,1,12-14H2,2-4H3,(H,25,29). The van der Waals surface area contributed by atoms with Crippen molar-refractivity contribution in [3.8, 4) is 5.75 Å². The number of thioether (sulfide) groups is 1. The molecule has 8 heteroatoms. The summed E-state index contributed by atoms with van der Waals surface area (Å²) in [5.74, 6) is 1.58. The van der Waals surface area contributed by atoms with Crippen molar-refractivity contribution in [1.29, 1.82) is 0 Å². The minimum Gasteiger partial charge on any atom is -0.486 e. The van der Waals surface area contributed by atoms with E-state index < -0.39 is 0 Å². The van der Waals surface area contributed by atoms with E-state index in [0.717, 1.165) is 27.0 Å². The van der Waals surface area contributed by atoms with E-state index in [9.17, 15) is 4.79 Å². The second-order valence-corrected chi connectivity index (χ2v) is 8.88. The highest BCUT2D eigenvalue weighted by Crippen LogP contribution is 2.26. The Morgan fingerprint density at radius 2 is 1.90 bits per heavy atom. The second-order valence-electron chi connectivity index (χ2n) is 7.08. The molecule has 0 aliphatic rings. The third-order valence-corrected chi connectivity index (χ3v) is 6.65. The number of benzene rings is 2. The Labute approximate surface area is 195 Å². The zero-order chi connectivity index (χ0) is 22.4. The van der Waals surface area contributed by atoms with Gasteiger partial charge in [0.25, 0.3) is 0 Å². The topological polar surface area (TPSA) is 69.0 Å². The minimum absolute atomic E-state index is 0.0968. The average molecular weight is 501 g/mol. The lowest BCUT2D eigenvalue weighted by Crippen LogP contribution is -2.16. The summed E-state index contributed by atoms with van der Waals surface area (Å²) >= 11 is 4.85. The molecule has 162 valence electrons. The van der Waals surface area contributed by atoms with Crippen LogP contribution in [0.5, 0.6) is 5.75 Å². The second kappa shape index (κ2) is 10.6. The smallest absolute Gasteiger partial charge is 0.234 e. The molecule has 31 heavy (non-hydrogen) atoms. The Kier molecular flexibility index (Phi) is 7.92. The Hall–Kier alpha value is -2.58. The van der Waals surface area contributed by atoms with Crippen LogP contribution in [-0.4, -0.2) is 26.4 Å². The zero-order valence-electron chi connectivity index (χ0n) is 17.8. The largest absolute Gasteiger partial charge is 0.486 e. The van der Waals surface area contributed by atoms with Crippen molar-refractivity contribution in [2.75, 3.05) is 11.1 Å². The maximum Gasteiger partial charge on any atom is 0.234 e. The molecule has 0 aliphatic heterocycles. The van der Waals surface area contributed by atoms with Crippen LogP contribution in [0.3, 0.4) is 0 Å². The lowest BCUT2D eigenvalue weighted by Gasteiger charge is -2.12. The van der Waals surface area contributed by atoms with Gasteiger partial charge in [-0.15, -0.1) is 16.8 Å². The molecular weight excluding hydrogens is 476 g/mol. The third kappa shape index (κ3) is 5.98. The van der Waals surface area contributed by atoms with Gasteiger partial charge in [0.1, 0.15) is 12.4 Å². The van der Waals surface area contributed by atoms with Gasteiger partial charge in [-0.1, -0.05) is 51.5 Å². The molecule has 1 N–H and O–H groups in total. The van der Waals surface area contributed by atoms with Gasteiger partial charge in [0.2, 0.25) is 5.91 Å². The van der Waals surface area contributed by atoms with Crippen molar-refractivity contribution < 1.29 is 9.53 Å². The molecule has 0 aliphatic carbocycles. The molecule has 0 spiro atoms. The number of rotatable bonds is 9. The van der Waals surface area contributed by atoms with Gasteiger partial charge in [-0.05, 0) is 56.2 Å². The van der Waals surface area contributed by atoms with Crippen molar-refractivity contribution in [2.45, 2.75) is 39.1 Å². The van der Waals surface area contributed by atoms with Crippen LogP contribution >= 0.6 is 27.7 Å². The average Bonchev–Trinajstić information content (AvgIpc) is 3.14. The molecule has 0 unspecified atom stereocenters. The first-order valence-electron chi connectivity index (χ1n) is 9.80. The van der Waals surface area contributed by atoms with Crippen LogP contribution in [-0.2, 0) is 17.9 Å². The van der Waals surface area contributed by atoms with Crippen LogP contribution < -0.4 is 10.1 Å². The Morgan fingerprint density at radius 1 is 1.16 bits per heavy atom. The van der Waals surface area contributed by atoms with E-state index in [2.05, 4.69) is 38.0 Å². The summed E-state index contributed by atoms with van der Waals surface area (Å²) in [6.45, 7) is 10.7. The summed E-state index contributed by atoms with van der Waals surface area (Å²) in [5.41, 5.74) is 4.13. The lowest BCUT2D eigenvalue weighted by atomic mass is 10.1. The van der Waals surface area contributed by atoms with E-state index in [-0.39, 0.29) is 18.3 Å². The first kappa shape index (κ1) is 23.1. The molecule has 2 aromatic carbocycles. The van der Waals surface area contributed by atoms with E-state index in [4.69, 9.17) is 4.74 Å². The van der Waals surface area contributed by atoms with Gasteiger partial charge in [-0.2, -0.15) is 0 Å². The normalized spacial score (nSPS) is 10.7. The molecule has 6 nitrogen and oxygen atoms in total. The Balaban J connectivity index is 1.63. The van der Waals surface area contributed by atoms with Gasteiger partial charge in [0.05, 0.1) is 5.75 Å². The van der Waals surface area contributed by atoms with Gasteiger partial charge in [-0.25, -0.2) is 0 Å². The van der Waals surface area contributed by atoms with Gasteiger partial charge in [0.15, 0.2) is 11.0 Å². The number of carbonyl (C=O) groups excluding carboxylic acids is 1. The molecule has 0 bridgehead atoms. The number of aromatic nitrogens is 3. The third-order valence-electron chi connectivity index (χ3n) is 4.82. The summed E-state index contributed by atoms with van der Waals surface area (Å²) in [7, 11) is 0. The summed E-state index contributed by atoms with van der Waals surface area (Å²) in [4.78, 5) is 12.5. The molecule has 1 heterocycles. The SMILES string of the molecule is C=CCn1c(COc2ccc(C)cc2)nnc1SCC(=O)Nc1ccc(Br)c(C)c1C. The van der Waals surface area contributed by atoms with Gasteiger partial charge >= 0.3 is 0 Å². The van der Waals surface area contributed by atoms with Gasteiger partial charge in [-0.3, -0.25) is 9.36 Å². The quantitative estimate of drug-likeness (QED) is 0.312. The van der Waals surface area contributed by atoms with E-state index in [1.165, 1.54) is 17.3 Å². The number of hydrogen-bond donors (Lipinski definition) is 1.